The molecule has 3 N–H and O–H groups in total. The Morgan fingerprint density at radius 2 is 1.73 bits per heavy atom. The van der Waals surface area contributed by atoms with E-state index in [1.165, 1.54) is 41.0 Å². The number of hydrogen-bond acceptors (Lipinski definition) is 11. The lowest BCUT2D eigenvalue weighted by Crippen LogP contribution is -2.43. The van der Waals surface area contributed by atoms with Crippen molar-refractivity contribution in [2.24, 2.45) is 23.2 Å². The Bertz CT molecular complexity index is 2490. The number of rotatable bonds is 18. The van der Waals surface area contributed by atoms with Crippen LogP contribution in [0.5, 0.6) is 5.75 Å². The molecule has 1 aromatic heterocycles. The van der Waals surface area contributed by atoms with Crippen LogP contribution in [0.2, 0.25) is 0 Å². The first kappa shape index (κ1) is 49.4. The molecule has 5 atom stereocenters. The molecule has 2 aliphatic heterocycles. The molecule has 1 aliphatic carbocycles. The lowest BCUT2D eigenvalue weighted by Gasteiger charge is -2.30. The number of carbonyl (C=O) groups is 2. The molecule has 66 heavy (non-hydrogen) atoms. The summed E-state index contributed by atoms with van der Waals surface area (Å²) in [4.78, 5) is 27.8. The number of alkyl halides is 3. The molecule has 0 radical (unpaired) electrons. The van der Waals surface area contributed by atoms with E-state index in [2.05, 4.69) is 19.2 Å². The third-order valence-electron chi connectivity index (χ3n) is 13.0. The fourth-order valence-corrected chi connectivity index (χ4v) is 12.3. The van der Waals surface area contributed by atoms with Gasteiger partial charge in [0.15, 0.2) is 5.79 Å². The maximum Gasteiger partial charge on any atom is 0.416 e. The number of nitrogens with one attached hydrogen (secondary N) is 1. The third-order valence-corrected chi connectivity index (χ3v) is 16.2. The highest BCUT2D eigenvalue weighted by atomic mass is 32.2. The number of anilines is 1. The predicted molar refractivity (Wildman–Crippen MR) is 244 cm³/mol. The van der Waals surface area contributed by atoms with E-state index in [1.54, 1.807) is 36.4 Å². The van der Waals surface area contributed by atoms with Gasteiger partial charge in [-0.05, 0) is 121 Å². The summed E-state index contributed by atoms with van der Waals surface area (Å²) in [5.74, 6) is -3.12. The summed E-state index contributed by atoms with van der Waals surface area (Å²) in [7, 11) is -2.61. The zero-order valence-corrected chi connectivity index (χ0v) is 39.7. The molecule has 0 unspecified atom stereocenters. The zero-order chi connectivity index (χ0) is 47.8. The Morgan fingerprint density at radius 3 is 2.38 bits per heavy atom. The van der Waals surface area contributed by atoms with E-state index >= 15 is 0 Å². The summed E-state index contributed by atoms with van der Waals surface area (Å²) in [5, 5.41) is 25.6. The Balaban J connectivity index is 1.12. The number of fused-ring (bicyclic) bond motifs is 2. The van der Waals surface area contributed by atoms with Crippen LogP contribution >= 0.6 is 11.3 Å². The molecule has 4 aromatic rings. The molecule has 0 spiro atoms. The van der Waals surface area contributed by atoms with Crippen molar-refractivity contribution in [3.63, 3.8) is 0 Å². The number of aromatic carboxylic acids is 1. The maximum atomic E-state index is 14.1. The number of sulfonamides is 1. The lowest BCUT2D eigenvalue weighted by molar-refractivity contribution is -0.181. The van der Waals surface area contributed by atoms with Gasteiger partial charge in [-0.15, -0.1) is 11.3 Å². The van der Waals surface area contributed by atoms with Gasteiger partial charge < -0.3 is 34.5 Å². The number of halogens is 3. The number of carboxylic acids is 1. The third kappa shape index (κ3) is 11.1. The van der Waals surface area contributed by atoms with Gasteiger partial charge >= 0.3 is 18.1 Å². The van der Waals surface area contributed by atoms with Crippen molar-refractivity contribution >= 4 is 39.0 Å². The van der Waals surface area contributed by atoms with Crippen molar-refractivity contribution in [3.05, 3.63) is 99.4 Å². The van der Waals surface area contributed by atoms with Crippen LogP contribution in [0.1, 0.15) is 91.4 Å². The number of methoxy groups -OCH3 is 1. The van der Waals surface area contributed by atoms with Crippen LogP contribution in [0, 0.1) is 23.2 Å². The maximum absolute atomic E-state index is 14.1. The van der Waals surface area contributed by atoms with E-state index in [1.807, 2.05) is 20.8 Å². The van der Waals surface area contributed by atoms with Gasteiger partial charge in [-0.25, -0.2) is 13.2 Å². The molecule has 3 heterocycles. The summed E-state index contributed by atoms with van der Waals surface area (Å²) in [5.41, 5.74) is 1.88. The molecule has 3 aromatic carbocycles. The molecule has 2 fully saturated rings. The molecule has 17 heteroatoms. The van der Waals surface area contributed by atoms with Crippen molar-refractivity contribution in [2.75, 3.05) is 38.7 Å². The largest absolute Gasteiger partial charge is 0.497 e. The second-order valence-corrected chi connectivity index (χ2v) is 22.0. The first-order chi connectivity index (χ1) is 31.1. The molecular weight excluding hydrogens is 898 g/mol. The van der Waals surface area contributed by atoms with Gasteiger partial charge in [0, 0.05) is 41.0 Å². The topological polar surface area (TPSA) is 161 Å². The second-order valence-electron chi connectivity index (χ2n) is 19.0. The number of aliphatic hydroxyl groups excluding tert-OH is 1. The highest BCUT2D eigenvalue weighted by molar-refractivity contribution is 7.89. The van der Waals surface area contributed by atoms with Crippen molar-refractivity contribution in [1.82, 2.24) is 4.31 Å². The molecule has 0 bridgehead atoms. The molecular formula is C49H59F3N2O10S2. The van der Waals surface area contributed by atoms with Gasteiger partial charge in [-0.1, -0.05) is 45.9 Å². The molecule has 0 amide bonds. The smallest absolute Gasteiger partial charge is 0.416 e. The molecule has 7 rings (SSSR count). The Hall–Kier alpha value is -4.52. The average molecular weight is 957 g/mol. The van der Waals surface area contributed by atoms with Gasteiger partial charge in [0.1, 0.15) is 11.9 Å². The fraction of sp³-hybridized carbons (Fsp3) is 0.510. The average Bonchev–Trinajstić information content (AvgIpc) is 3.92. The SMILES string of the molecule is COc1ccc(S(=O)(=O)N(CC(C)C)C[C@@H](O)[C@@H](CC(=O)O[C@H]2CO[C@@]3(C)OCC[C@@H]23)Cc2ccc(NCc3cc(C(F)(F)F)ccc3-c3sc4c(c3C(=O)O)CC(C)(C)CC4)cc2)cc1. The predicted octanol–water partition coefficient (Wildman–Crippen LogP) is 9.22. The quantitative estimate of drug-likeness (QED) is 0.0816. The minimum absolute atomic E-state index is 0.0244. The Kier molecular flexibility index (Phi) is 14.7. The Labute approximate surface area is 388 Å². The van der Waals surface area contributed by atoms with Crippen molar-refractivity contribution < 1.29 is 60.3 Å². The normalized spacial score (nSPS) is 21.3. The van der Waals surface area contributed by atoms with E-state index in [4.69, 9.17) is 18.9 Å². The minimum Gasteiger partial charge on any atom is -0.497 e. The van der Waals surface area contributed by atoms with E-state index in [-0.39, 0.29) is 72.4 Å². The van der Waals surface area contributed by atoms with Crippen molar-refractivity contribution in [3.8, 4) is 16.2 Å². The number of aryl methyl sites for hydroxylation is 1. The molecule has 12 nitrogen and oxygen atoms in total. The number of benzene rings is 3. The number of carbonyl (C=O) groups excluding carboxylic acids is 1. The number of ether oxygens (including phenoxy) is 4. The summed E-state index contributed by atoms with van der Waals surface area (Å²) >= 11 is 1.33. The van der Waals surface area contributed by atoms with Crippen LogP contribution in [0.25, 0.3) is 10.4 Å². The van der Waals surface area contributed by atoms with Gasteiger partial charge in [-0.3, -0.25) is 4.79 Å². The summed E-state index contributed by atoms with van der Waals surface area (Å²) in [6.07, 6.45) is -3.80. The van der Waals surface area contributed by atoms with E-state index in [0.29, 0.717) is 53.3 Å². The summed E-state index contributed by atoms with van der Waals surface area (Å²) in [6.45, 7) is 10.1. The molecule has 3 aliphatic rings. The van der Waals surface area contributed by atoms with Crippen LogP contribution < -0.4 is 10.1 Å². The van der Waals surface area contributed by atoms with Crippen LogP contribution in [0.4, 0.5) is 18.9 Å². The molecule has 0 saturated carbocycles. The van der Waals surface area contributed by atoms with Crippen LogP contribution in [-0.4, -0.2) is 86.3 Å². The van der Waals surface area contributed by atoms with E-state index < -0.39 is 57.6 Å². The van der Waals surface area contributed by atoms with E-state index in [0.717, 1.165) is 29.0 Å². The first-order valence-corrected chi connectivity index (χ1v) is 24.5. The standard InChI is InChI=1S/C49H59F3N2O10S2/c1-29(2)26-54(66(59,60)36-14-12-35(61-6)13-15-36)27-40(55)31(23-43(56)64-41-28-63-48(5)39(41)18-20-62-48)21-30-7-10-34(11-8-30)53-25-32-22-33(49(50,51)52)9-16-37(32)45-44(46(57)58)38-24-47(3,4)19-17-42(38)65-45/h7-16,22,29,31,39-41,53,55H,17-21,23-28H2,1-6H3,(H,57,58)/t31-,39+,40-,41+,48-/m1/s1. The minimum atomic E-state index is -4.63. The first-order valence-electron chi connectivity index (χ1n) is 22.3. The highest BCUT2D eigenvalue weighted by Gasteiger charge is 2.53. The lowest BCUT2D eigenvalue weighted by atomic mass is 9.76. The van der Waals surface area contributed by atoms with Crippen molar-refractivity contribution in [1.29, 1.82) is 0 Å². The number of hydrogen-bond donors (Lipinski definition) is 3. The van der Waals surface area contributed by atoms with Crippen LogP contribution in [0.15, 0.2) is 71.6 Å². The van der Waals surface area contributed by atoms with Crippen molar-refractivity contribution in [2.45, 2.75) is 109 Å². The second kappa shape index (κ2) is 19.6. The Morgan fingerprint density at radius 1 is 1.02 bits per heavy atom. The van der Waals surface area contributed by atoms with Gasteiger partial charge in [0.05, 0.1) is 54.8 Å². The van der Waals surface area contributed by atoms with Gasteiger partial charge in [0.25, 0.3) is 0 Å². The number of thiophene rings is 1. The fourth-order valence-electron chi connectivity index (χ4n) is 9.35. The number of esters is 1. The van der Waals surface area contributed by atoms with Crippen LogP contribution in [0.3, 0.4) is 0 Å². The number of aliphatic hydroxyl groups is 1. The van der Waals surface area contributed by atoms with Crippen LogP contribution in [-0.2, 0) is 61.0 Å². The summed E-state index contributed by atoms with van der Waals surface area (Å²) in [6, 6.07) is 16.4. The number of nitrogens with zero attached hydrogens (tertiary/aromatic N) is 1. The highest BCUT2D eigenvalue weighted by Crippen LogP contribution is 2.47. The van der Waals surface area contributed by atoms with E-state index in [9.17, 15) is 41.4 Å². The molecule has 358 valence electrons. The summed E-state index contributed by atoms with van der Waals surface area (Å²) < 4.78 is 94.3. The zero-order valence-electron chi connectivity index (χ0n) is 38.1. The van der Waals surface area contributed by atoms with Gasteiger partial charge in [0.2, 0.25) is 10.0 Å². The monoisotopic (exact) mass is 956 g/mol. The number of carboxylic acid groups (broad SMARTS) is 1. The molecule has 2 saturated heterocycles. The van der Waals surface area contributed by atoms with Gasteiger partial charge in [-0.2, -0.15) is 17.5 Å².